The lowest BCUT2D eigenvalue weighted by Gasteiger charge is -2.30. The van der Waals surface area contributed by atoms with E-state index in [-0.39, 0.29) is 0 Å². The van der Waals surface area contributed by atoms with Crippen LogP contribution in [0.25, 0.3) is 0 Å². The Morgan fingerprint density at radius 1 is 1.50 bits per heavy atom. The summed E-state index contributed by atoms with van der Waals surface area (Å²) in [5, 5.41) is 0. The van der Waals surface area contributed by atoms with Gasteiger partial charge < -0.3 is 10.6 Å². The van der Waals surface area contributed by atoms with Crippen LogP contribution in [0.5, 0.6) is 0 Å². The topological polar surface area (TPSA) is 29.3 Å². The summed E-state index contributed by atoms with van der Waals surface area (Å²) in [6, 6.07) is 1.06. The molecule has 0 aromatic rings. The van der Waals surface area contributed by atoms with Crippen LogP contribution in [0.4, 0.5) is 0 Å². The first-order chi connectivity index (χ1) is 5.49. The third-order valence-corrected chi connectivity index (χ3v) is 2.47. The Morgan fingerprint density at radius 3 is 2.25 bits per heavy atom. The van der Waals surface area contributed by atoms with Gasteiger partial charge >= 0.3 is 0 Å². The molecule has 0 aliphatic rings. The van der Waals surface area contributed by atoms with Crippen molar-refractivity contribution < 1.29 is 0 Å². The quantitative estimate of drug-likeness (QED) is 0.667. The minimum absolute atomic E-state index is 0.502. The maximum atomic E-state index is 5.51. The van der Waals surface area contributed by atoms with E-state index in [0.29, 0.717) is 17.1 Å². The Hall–Kier alpha value is -0.150. The van der Waals surface area contributed by atoms with Crippen LogP contribution in [0.15, 0.2) is 0 Å². The van der Waals surface area contributed by atoms with E-state index in [0.717, 1.165) is 12.8 Å². The highest BCUT2D eigenvalue weighted by Crippen LogP contribution is 2.09. The average molecular weight is 188 g/mol. The van der Waals surface area contributed by atoms with Crippen LogP contribution >= 0.6 is 12.2 Å². The van der Waals surface area contributed by atoms with Gasteiger partial charge in [0.1, 0.15) is 0 Å². The van der Waals surface area contributed by atoms with Crippen molar-refractivity contribution in [1.82, 2.24) is 4.90 Å². The lowest BCUT2D eigenvalue weighted by molar-refractivity contribution is 0.195. The number of hydrogen-bond acceptors (Lipinski definition) is 2. The molecule has 0 rings (SSSR count). The second kappa shape index (κ2) is 5.49. The van der Waals surface area contributed by atoms with Crippen molar-refractivity contribution in [2.75, 3.05) is 7.05 Å². The second-order valence-electron chi connectivity index (χ2n) is 3.49. The van der Waals surface area contributed by atoms with Crippen molar-refractivity contribution in [3.8, 4) is 0 Å². The van der Waals surface area contributed by atoms with Gasteiger partial charge in [0.2, 0.25) is 0 Å². The lowest BCUT2D eigenvalue weighted by atomic mass is 10.1. The van der Waals surface area contributed by atoms with E-state index in [4.69, 9.17) is 18.0 Å². The fourth-order valence-corrected chi connectivity index (χ4v) is 1.42. The molecule has 0 aromatic heterocycles. The first-order valence-electron chi connectivity index (χ1n) is 4.49. The van der Waals surface area contributed by atoms with Gasteiger partial charge in [0.15, 0.2) is 0 Å². The Labute approximate surface area is 81.1 Å². The third-order valence-electron chi connectivity index (χ3n) is 2.30. The van der Waals surface area contributed by atoms with Crippen molar-refractivity contribution in [1.29, 1.82) is 0 Å². The molecular weight excluding hydrogens is 168 g/mol. The van der Waals surface area contributed by atoms with Gasteiger partial charge in [-0.05, 0) is 27.3 Å². The van der Waals surface area contributed by atoms with Gasteiger partial charge in [0.05, 0.1) is 4.99 Å². The maximum absolute atomic E-state index is 5.51. The molecule has 0 radical (unpaired) electrons. The van der Waals surface area contributed by atoms with Crippen LogP contribution in [-0.2, 0) is 0 Å². The highest BCUT2D eigenvalue weighted by Gasteiger charge is 2.15. The Bertz CT molecular complexity index is 145. The molecular formula is C9H20N2S. The monoisotopic (exact) mass is 188 g/mol. The SMILES string of the molecule is CCC(CC(N)=S)N(C)C(C)C. The maximum Gasteiger partial charge on any atom is 0.0743 e. The molecule has 0 saturated carbocycles. The minimum Gasteiger partial charge on any atom is -0.393 e. The van der Waals surface area contributed by atoms with Gasteiger partial charge in [-0.25, -0.2) is 0 Å². The molecule has 2 N–H and O–H groups in total. The Kier molecular flexibility index (Phi) is 5.42. The highest BCUT2D eigenvalue weighted by atomic mass is 32.1. The largest absolute Gasteiger partial charge is 0.393 e. The summed E-state index contributed by atoms with van der Waals surface area (Å²) in [6.07, 6.45) is 1.94. The van der Waals surface area contributed by atoms with Crippen molar-refractivity contribution >= 4 is 17.2 Å². The van der Waals surface area contributed by atoms with E-state index in [1.807, 2.05) is 0 Å². The molecule has 72 valence electrons. The molecule has 3 heteroatoms. The molecule has 0 fully saturated rings. The number of hydrogen-bond donors (Lipinski definition) is 1. The second-order valence-corrected chi connectivity index (χ2v) is 4.02. The van der Waals surface area contributed by atoms with E-state index >= 15 is 0 Å². The van der Waals surface area contributed by atoms with Crippen molar-refractivity contribution in [2.45, 2.75) is 45.7 Å². The number of thiocarbonyl (C=S) groups is 1. The fraction of sp³-hybridized carbons (Fsp3) is 0.889. The Morgan fingerprint density at radius 2 is 2.00 bits per heavy atom. The van der Waals surface area contributed by atoms with Crippen molar-refractivity contribution in [3.63, 3.8) is 0 Å². The molecule has 1 unspecified atom stereocenters. The molecule has 0 aromatic carbocycles. The normalized spacial score (nSPS) is 13.8. The Balaban J connectivity index is 4.04. The van der Waals surface area contributed by atoms with Gasteiger partial charge in [0.25, 0.3) is 0 Å². The minimum atomic E-state index is 0.502. The van der Waals surface area contributed by atoms with E-state index in [1.165, 1.54) is 0 Å². The zero-order chi connectivity index (χ0) is 9.72. The summed E-state index contributed by atoms with van der Waals surface area (Å²) in [6.45, 7) is 6.53. The molecule has 0 aliphatic carbocycles. The van der Waals surface area contributed by atoms with Gasteiger partial charge in [-0.2, -0.15) is 0 Å². The summed E-state index contributed by atoms with van der Waals surface area (Å²) < 4.78 is 0. The predicted molar refractivity (Wildman–Crippen MR) is 58.4 cm³/mol. The molecule has 0 aliphatic heterocycles. The molecule has 12 heavy (non-hydrogen) atoms. The zero-order valence-corrected chi connectivity index (χ0v) is 9.32. The fourth-order valence-electron chi connectivity index (χ4n) is 1.23. The van der Waals surface area contributed by atoms with Gasteiger partial charge in [-0.1, -0.05) is 19.1 Å². The van der Waals surface area contributed by atoms with Gasteiger partial charge in [0, 0.05) is 18.5 Å². The number of rotatable bonds is 5. The van der Waals surface area contributed by atoms with Gasteiger partial charge in [-0.3, -0.25) is 0 Å². The first kappa shape index (κ1) is 11.8. The molecule has 0 heterocycles. The zero-order valence-electron chi connectivity index (χ0n) is 8.50. The summed E-state index contributed by atoms with van der Waals surface area (Å²) in [5.74, 6) is 0. The van der Waals surface area contributed by atoms with Crippen LogP contribution in [0.1, 0.15) is 33.6 Å². The van der Waals surface area contributed by atoms with E-state index < -0.39 is 0 Å². The highest BCUT2D eigenvalue weighted by molar-refractivity contribution is 7.80. The van der Waals surface area contributed by atoms with Crippen molar-refractivity contribution in [3.05, 3.63) is 0 Å². The summed E-state index contributed by atoms with van der Waals surface area (Å²) in [7, 11) is 2.12. The lowest BCUT2D eigenvalue weighted by Crippen LogP contribution is -2.38. The van der Waals surface area contributed by atoms with Crippen LogP contribution in [0.2, 0.25) is 0 Å². The molecule has 0 amide bonds. The van der Waals surface area contributed by atoms with Crippen LogP contribution in [0, 0.1) is 0 Å². The molecule has 2 nitrogen and oxygen atoms in total. The summed E-state index contributed by atoms with van der Waals surface area (Å²) in [5.41, 5.74) is 5.51. The number of nitrogens with two attached hydrogens (primary N) is 1. The van der Waals surface area contributed by atoms with E-state index in [9.17, 15) is 0 Å². The molecule has 0 saturated heterocycles. The average Bonchev–Trinajstić information content (AvgIpc) is 1.98. The number of nitrogens with zero attached hydrogens (tertiary/aromatic N) is 1. The van der Waals surface area contributed by atoms with Gasteiger partial charge in [-0.15, -0.1) is 0 Å². The van der Waals surface area contributed by atoms with Crippen LogP contribution in [-0.4, -0.2) is 29.0 Å². The summed E-state index contributed by atoms with van der Waals surface area (Å²) in [4.78, 5) is 2.94. The standard InChI is InChI=1S/C9H20N2S/c1-5-8(6-9(10)12)11(4)7(2)3/h7-8H,5-6H2,1-4H3,(H2,10,12). The van der Waals surface area contributed by atoms with Crippen LogP contribution < -0.4 is 5.73 Å². The smallest absolute Gasteiger partial charge is 0.0743 e. The molecule has 0 bridgehead atoms. The first-order valence-corrected chi connectivity index (χ1v) is 4.90. The third kappa shape index (κ3) is 4.02. The van der Waals surface area contributed by atoms with E-state index in [2.05, 4.69) is 32.7 Å². The molecule has 0 spiro atoms. The molecule has 1 atom stereocenters. The van der Waals surface area contributed by atoms with Crippen molar-refractivity contribution in [2.24, 2.45) is 5.73 Å². The predicted octanol–water partition coefficient (Wildman–Crippen LogP) is 1.78. The van der Waals surface area contributed by atoms with Crippen LogP contribution in [0.3, 0.4) is 0 Å². The van der Waals surface area contributed by atoms with E-state index in [1.54, 1.807) is 0 Å². The summed E-state index contributed by atoms with van der Waals surface area (Å²) >= 11 is 4.89.